The van der Waals surface area contributed by atoms with Crippen LogP contribution < -0.4 is 10.5 Å². The van der Waals surface area contributed by atoms with E-state index in [0.29, 0.717) is 30.6 Å². The Morgan fingerprint density at radius 1 is 1.08 bits per heavy atom. The molecule has 0 atom stereocenters. The minimum atomic E-state index is -0.0960. The second kappa shape index (κ2) is 9.79. The molecule has 3 aliphatic heterocycles. The van der Waals surface area contributed by atoms with Crippen molar-refractivity contribution in [3.63, 3.8) is 0 Å². The van der Waals surface area contributed by atoms with Gasteiger partial charge in [0.05, 0.1) is 18.1 Å². The van der Waals surface area contributed by atoms with Gasteiger partial charge >= 0.3 is 0 Å². The summed E-state index contributed by atoms with van der Waals surface area (Å²) in [6.45, 7) is 5.85. The summed E-state index contributed by atoms with van der Waals surface area (Å²) in [5, 5.41) is 10.1. The molecule has 0 amide bonds. The molecule has 0 radical (unpaired) electrons. The zero-order chi connectivity index (χ0) is 25.7. The van der Waals surface area contributed by atoms with Crippen LogP contribution in [-0.4, -0.2) is 93.1 Å². The zero-order valence-corrected chi connectivity index (χ0v) is 22.0. The van der Waals surface area contributed by atoms with E-state index in [1.807, 2.05) is 12.1 Å². The molecule has 9 nitrogen and oxygen atoms in total. The number of anilines is 1. The molecule has 0 unspecified atom stereocenters. The number of β-amino-alcohol motifs (C(OH)–C–C–N with tert-alkyl or cyclic N) is 1. The van der Waals surface area contributed by atoms with E-state index in [4.69, 9.17) is 15.2 Å². The summed E-state index contributed by atoms with van der Waals surface area (Å²) in [6.07, 6.45) is 11.0. The number of nitrogens with two attached hydrogens (primary N) is 1. The standard InChI is InChI=1S/C29H38N6O3/c30-27-26-25(20-2-1-3-24(14-20)37-18-29-6-4-23(38-29)5-7-29)17-35(28(26)32-19-31-27)22-15-21(16-22)34-10-8-33(9-11-34)12-13-36/h1-3,14,17,19,21-23,36H,4-13,15-16,18H2,(H2,30,31,32)/t21-,22+,23?,29?. The Bertz CT molecular complexity index is 1290. The van der Waals surface area contributed by atoms with Crippen molar-refractivity contribution in [2.45, 2.75) is 62.3 Å². The first-order valence-electron chi connectivity index (χ1n) is 14.2. The van der Waals surface area contributed by atoms with E-state index < -0.39 is 0 Å². The molecule has 2 bridgehead atoms. The van der Waals surface area contributed by atoms with Crippen LogP contribution >= 0.6 is 0 Å². The molecule has 1 aliphatic carbocycles. The van der Waals surface area contributed by atoms with E-state index in [1.54, 1.807) is 6.33 Å². The SMILES string of the molecule is Nc1ncnc2c1c(-c1cccc(OCC34CCC(CC3)O4)c1)cn2[C@H]1C[C@@H](N2CCN(CCO)CC2)C1. The van der Waals surface area contributed by atoms with Crippen molar-refractivity contribution >= 4 is 16.9 Å². The highest BCUT2D eigenvalue weighted by atomic mass is 16.6. The van der Waals surface area contributed by atoms with Crippen LogP contribution in [0.1, 0.15) is 44.6 Å². The number of aliphatic hydroxyl groups excluding tert-OH is 1. The number of nitrogens with zero attached hydrogens (tertiary/aromatic N) is 5. The van der Waals surface area contributed by atoms with E-state index >= 15 is 0 Å². The minimum absolute atomic E-state index is 0.0960. The number of rotatable bonds is 8. The van der Waals surface area contributed by atoms with Crippen molar-refractivity contribution < 1.29 is 14.6 Å². The Morgan fingerprint density at radius 2 is 1.89 bits per heavy atom. The summed E-state index contributed by atoms with van der Waals surface area (Å²) in [6, 6.07) is 9.30. The van der Waals surface area contributed by atoms with Crippen molar-refractivity contribution in [2.24, 2.45) is 0 Å². The lowest BCUT2D eigenvalue weighted by Gasteiger charge is -2.46. The van der Waals surface area contributed by atoms with Crippen LogP contribution in [0, 0.1) is 0 Å². The molecule has 5 heterocycles. The molecule has 7 rings (SSSR count). The van der Waals surface area contributed by atoms with Crippen LogP contribution in [0.2, 0.25) is 0 Å². The molecule has 1 saturated carbocycles. The van der Waals surface area contributed by atoms with Gasteiger partial charge < -0.3 is 24.9 Å². The zero-order valence-electron chi connectivity index (χ0n) is 22.0. The van der Waals surface area contributed by atoms with E-state index in [0.717, 1.165) is 99.2 Å². The lowest BCUT2D eigenvalue weighted by atomic mass is 9.85. The second-order valence-corrected chi connectivity index (χ2v) is 11.6. The van der Waals surface area contributed by atoms with Gasteiger partial charge in [-0.2, -0.15) is 0 Å². The third kappa shape index (κ3) is 4.35. The molecule has 1 aromatic carbocycles. The smallest absolute Gasteiger partial charge is 0.146 e. The van der Waals surface area contributed by atoms with Crippen molar-refractivity contribution in [3.05, 3.63) is 36.8 Å². The highest BCUT2D eigenvalue weighted by Crippen LogP contribution is 2.45. The van der Waals surface area contributed by atoms with Gasteiger partial charge in [-0.3, -0.25) is 9.80 Å². The lowest BCUT2D eigenvalue weighted by Crippen LogP contribution is -2.54. The summed E-state index contributed by atoms with van der Waals surface area (Å²) in [5.41, 5.74) is 9.36. The van der Waals surface area contributed by atoms with Crippen LogP contribution in [0.5, 0.6) is 5.75 Å². The Hall–Kier alpha value is -2.72. The van der Waals surface area contributed by atoms with Gasteiger partial charge in [0.2, 0.25) is 0 Å². The van der Waals surface area contributed by atoms with Gasteiger partial charge in [0.25, 0.3) is 0 Å². The number of benzene rings is 1. The molecule has 9 heteroatoms. The maximum atomic E-state index is 9.22. The van der Waals surface area contributed by atoms with Crippen molar-refractivity contribution in [1.82, 2.24) is 24.3 Å². The van der Waals surface area contributed by atoms with E-state index in [2.05, 4.69) is 42.7 Å². The largest absolute Gasteiger partial charge is 0.491 e. The van der Waals surface area contributed by atoms with Gasteiger partial charge in [-0.25, -0.2) is 9.97 Å². The number of piperazine rings is 1. The molecule has 3 saturated heterocycles. The normalized spacial score (nSPS) is 29.7. The molecule has 4 fully saturated rings. The quantitative estimate of drug-likeness (QED) is 0.469. The van der Waals surface area contributed by atoms with Crippen molar-refractivity contribution in [3.8, 4) is 16.9 Å². The summed E-state index contributed by atoms with van der Waals surface area (Å²) in [5.74, 6) is 1.37. The molecule has 0 spiro atoms. The Kier molecular flexibility index (Phi) is 6.27. The van der Waals surface area contributed by atoms with Gasteiger partial charge in [-0.15, -0.1) is 0 Å². The number of nitrogen functional groups attached to an aromatic ring is 1. The fourth-order valence-electron chi connectivity index (χ4n) is 7.04. The van der Waals surface area contributed by atoms with Crippen molar-refractivity contribution in [2.75, 3.05) is 51.7 Å². The fraction of sp³-hybridized carbons (Fsp3) is 0.586. The highest BCUT2D eigenvalue weighted by molar-refractivity contribution is 6.00. The molecule has 3 N–H and O–H groups in total. The predicted octanol–water partition coefficient (Wildman–Crippen LogP) is 3.08. The summed E-state index contributed by atoms with van der Waals surface area (Å²) in [4.78, 5) is 14.0. The van der Waals surface area contributed by atoms with Gasteiger partial charge in [0.1, 0.15) is 35.7 Å². The van der Waals surface area contributed by atoms with Crippen LogP contribution in [-0.2, 0) is 4.74 Å². The summed E-state index contributed by atoms with van der Waals surface area (Å²) in [7, 11) is 0. The fourth-order valence-corrected chi connectivity index (χ4v) is 7.04. The highest BCUT2D eigenvalue weighted by Gasteiger charge is 2.46. The Labute approximate surface area is 223 Å². The number of aliphatic hydroxyl groups is 1. The van der Waals surface area contributed by atoms with E-state index in [1.165, 1.54) is 0 Å². The lowest BCUT2D eigenvalue weighted by molar-refractivity contribution is -0.0198. The van der Waals surface area contributed by atoms with Gasteiger partial charge in [0, 0.05) is 56.6 Å². The first-order valence-corrected chi connectivity index (χ1v) is 14.2. The molecule has 202 valence electrons. The maximum Gasteiger partial charge on any atom is 0.146 e. The number of fused-ring (bicyclic) bond motifs is 3. The van der Waals surface area contributed by atoms with E-state index in [-0.39, 0.29) is 12.2 Å². The van der Waals surface area contributed by atoms with Gasteiger partial charge in [-0.05, 0) is 56.2 Å². The minimum Gasteiger partial charge on any atom is -0.491 e. The average molecular weight is 519 g/mol. The van der Waals surface area contributed by atoms with E-state index in [9.17, 15) is 5.11 Å². The molecular weight excluding hydrogens is 480 g/mol. The van der Waals surface area contributed by atoms with Crippen LogP contribution in [0.25, 0.3) is 22.2 Å². The molecule has 4 aliphatic rings. The summed E-state index contributed by atoms with van der Waals surface area (Å²) >= 11 is 0. The first-order chi connectivity index (χ1) is 18.6. The number of hydrogen-bond donors (Lipinski definition) is 2. The van der Waals surface area contributed by atoms with Gasteiger partial charge in [-0.1, -0.05) is 12.1 Å². The summed E-state index contributed by atoms with van der Waals surface area (Å²) < 4.78 is 14.8. The van der Waals surface area contributed by atoms with Crippen molar-refractivity contribution in [1.29, 1.82) is 0 Å². The Balaban J connectivity index is 1.09. The predicted molar refractivity (Wildman–Crippen MR) is 146 cm³/mol. The topological polar surface area (TPSA) is 102 Å². The Morgan fingerprint density at radius 3 is 2.63 bits per heavy atom. The molecular formula is C29H38N6O3. The van der Waals surface area contributed by atoms with Crippen LogP contribution in [0.3, 0.4) is 0 Å². The third-order valence-electron chi connectivity index (χ3n) is 9.37. The number of hydrogen-bond acceptors (Lipinski definition) is 8. The number of ether oxygens (including phenoxy) is 2. The number of aromatic nitrogens is 3. The molecule has 2 aromatic heterocycles. The average Bonchev–Trinajstić information content (AvgIpc) is 3.63. The monoisotopic (exact) mass is 518 g/mol. The second-order valence-electron chi connectivity index (χ2n) is 11.6. The van der Waals surface area contributed by atoms with Crippen LogP contribution in [0.4, 0.5) is 5.82 Å². The van der Waals surface area contributed by atoms with Gasteiger partial charge in [0.15, 0.2) is 0 Å². The molecule has 38 heavy (non-hydrogen) atoms. The first kappa shape index (κ1) is 24.3. The molecule has 3 aromatic rings. The maximum absolute atomic E-state index is 9.22. The van der Waals surface area contributed by atoms with Crippen LogP contribution in [0.15, 0.2) is 36.8 Å². The third-order valence-corrected chi connectivity index (χ3v) is 9.37.